The van der Waals surface area contributed by atoms with Gasteiger partial charge in [-0.15, -0.1) is 0 Å². The second-order valence-electron chi connectivity index (χ2n) is 2.69. The second-order valence-corrected chi connectivity index (χ2v) is 2.69. The summed E-state index contributed by atoms with van der Waals surface area (Å²) in [5.41, 5.74) is 6.18. The van der Waals surface area contributed by atoms with Gasteiger partial charge in [0.2, 0.25) is 0 Å². The van der Waals surface area contributed by atoms with Crippen LogP contribution in [0.15, 0.2) is 4.63 Å². The van der Waals surface area contributed by atoms with Crippen molar-refractivity contribution in [1.29, 1.82) is 0 Å². The maximum Gasteiger partial charge on any atom is 0.191 e. The van der Waals surface area contributed by atoms with Crippen LogP contribution in [0.1, 0.15) is 19.5 Å². The van der Waals surface area contributed by atoms with Gasteiger partial charge in [0.25, 0.3) is 0 Å². The molecule has 0 spiro atoms. The molecular formula is C6H11N3O. The Bertz CT molecular complexity index is 207. The zero-order chi connectivity index (χ0) is 7.56. The Kier molecular flexibility index (Phi) is 1.89. The molecule has 2 N–H and O–H groups in total. The molecule has 1 aromatic rings. The van der Waals surface area contributed by atoms with Gasteiger partial charge in [-0.05, 0) is 17.5 Å². The van der Waals surface area contributed by atoms with Crippen LogP contribution in [0.4, 0.5) is 5.82 Å². The summed E-state index contributed by atoms with van der Waals surface area (Å²) in [5, 5.41) is 7.11. The quantitative estimate of drug-likeness (QED) is 0.663. The van der Waals surface area contributed by atoms with Gasteiger partial charge in [0, 0.05) is 0 Å². The molecule has 0 aliphatic rings. The van der Waals surface area contributed by atoms with Crippen molar-refractivity contribution in [2.24, 2.45) is 5.92 Å². The van der Waals surface area contributed by atoms with E-state index >= 15 is 0 Å². The summed E-state index contributed by atoms with van der Waals surface area (Å²) in [6.07, 6.45) is 0.829. The molecular weight excluding hydrogens is 130 g/mol. The zero-order valence-corrected chi connectivity index (χ0v) is 6.16. The number of nitrogen functional groups attached to an aromatic ring is 1. The highest BCUT2D eigenvalue weighted by Crippen LogP contribution is 2.09. The number of hydrogen-bond donors (Lipinski definition) is 1. The fraction of sp³-hybridized carbons (Fsp3) is 0.667. The van der Waals surface area contributed by atoms with Gasteiger partial charge in [-0.25, -0.2) is 4.63 Å². The lowest BCUT2D eigenvalue weighted by molar-refractivity contribution is 0.303. The highest BCUT2D eigenvalue weighted by Gasteiger charge is 2.06. The first-order valence-corrected chi connectivity index (χ1v) is 3.27. The summed E-state index contributed by atoms with van der Waals surface area (Å²) in [5.74, 6) is 0.947. The van der Waals surface area contributed by atoms with Crippen LogP contribution in [0.25, 0.3) is 0 Å². The SMILES string of the molecule is CC(C)Cc1nonc1N. The zero-order valence-electron chi connectivity index (χ0n) is 6.16. The molecule has 1 aromatic heterocycles. The Morgan fingerprint density at radius 1 is 1.50 bits per heavy atom. The van der Waals surface area contributed by atoms with Gasteiger partial charge in [-0.2, -0.15) is 0 Å². The summed E-state index contributed by atoms with van der Waals surface area (Å²) in [7, 11) is 0. The lowest BCUT2D eigenvalue weighted by atomic mass is 10.1. The van der Waals surface area contributed by atoms with Crippen LogP contribution in [0.3, 0.4) is 0 Å². The minimum Gasteiger partial charge on any atom is -0.379 e. The van der Waals surface area contributed by atoms with E-state index in [1.807, 2.05) is 0 Å². The van der Waals surface area contributed by atoms with E-state index in [-0.39, 0.29) is 0 Å². The van der Waals surface area contributed by atoms with Gasteiger partial charge >= 0.3 is 0 Å². The normalized spacial score (nSPS) is 10.7. The van der Waals surface area contributed by atoms with Crippen molar-refractivity contribution in [3.05, 3.63) is 5.69 Å². The van der Waals surface area contributed by atoms with Crippen molar-refractivity contribution in [3.63, 3.8) is 0 Å². The van der Waals surface area contributed by atoms with Crippen molar-refractivity contribution in [2.45, 2.75) is 20.3 Å². The van der Waals surface area contributed by atoms with E-state index in [2.05, 4.69) is 28.8 Å². The van der Waals surface area contributed by atoms with Gasteiger partial charge in [-0.1, -0.05) is 19.0 Å². The third-order valence-electron chi connectivity index (χ3n) is 1.19. The minimum absolute atomic E-state index is 0.411. The molecule has 0 atom stereocenters. The predicted octanol–water partition coefficient (Wildman–Crippen LogP) is 0.850. The van der Waals surface area contributed by atoms with Crippen LogP contribution in [0.2, 0.25) is 0 Å². The Labute approximate surface area is 59.4 Å². The largest absolute Gasteiger partial charge is 0.379 e. The number of anilines is 1. The number of aromatic nitrogens is 2. The first-order chi connectivity index (χ1) is 4.70. The lowest BCUT2D eigenvalue weighted by Gasteiger charge is -1.97. The molecule has 0 fully saturated rings. The first kappa shape index (κ1) is 7.05. The first-order valence-electron chi connectivity index (χ1n) is 3.27. The predicted molar refractivity (Wildman–Crippen MR) is 37.3 cm³/mol. The topological polar surface area (TPSA) is 64.9 Å². The highest BCUT2D eigenvalue weighted by molar-refractivity contribution is 5.30. The van der Waals surface area contributed by atoms with Crippen LogP contribution >= 0.6 is 0 Å². The van der Waals surface area contributed by atoms with Gasteiger partial charge in [0.15, 0.2) is 5.82 Å². The van der Waals surface area contributed by atoms with Crippen molar-refractivity contribution in [2.75, 3.05) is 5.73 Å². The van der Waals surface area contributed by atoms with Gasteiger partial charge in [0.05, 0.1) is 0 Å². The standard InChI is InChI=1S/C6H11N3O/c1-4(2)3-5-6(7)9-10-8-5/h4H,3H2,1-2H3,(H2,7,9). The maximum absolute atomic E-state index is 5.42. The fourth-order valence-corrected chi connectivity index (χ4v) is 0.742. The molecule has 4 nitrogen and oxygen atoms in total. The molecule has 0 unspecified atom stereocenters. The summed E-state index contributed by atoms with van der Waals surface area (Å²) in [6, 6.07) is 0. The molecule has 1 rings (SSSR count). The van der Waals surface area contributed by atoms with E-state index in [0.717, 1.165) is 12.1 Å². The van der Waals surface area contributed by atoms with E-state index in [9.17, 15) is 0 Å². The number of rotatable bonds is 2. The molecule has 56 valence electrons. The summed E-state index contributed by atoms with van der Waals surface area (Å²) in [6.45, 7) is 4.18. The van der Waals surface area contributed by atoms with Crippen LogP contribution in [0, 0.1) is 5.92 Å². The van der Waals surface area contributed by atoms with Crippen LogP contribution in [-0.2, 0) is 6.42 Å². The van der Waals surface area contributed by atoms with Gasteiger partial charge in [0.1, 0.15) is 5.69 Å². The average molecular weight is 141 g/mol. The molecule has 0 amide bonds. The third-order valence-corrected chi connectivity index (χ3v) is 1.19. The van der Waals surface area contributed by atoms with Gasteiger partial charge < -0.3 is 5.73 Å². The summed E-state index contributed by atoms with van der Waals surface area (Å²) < 4.78 is 4.42. The van der Waals surface area contributed by atoms with Crippen molar-refractivity contribution in [1.82, 2.24) is 10.3 Å². The van der Waals surface area contributed by atoms with E-state index in [1.165, 1.54) is 0 Å². The van der Waals surface area contributed by atoms with E-state index in [0.29, 0.717) is 11.7 Å². The molecule has 0 aromatic carbocycles. The second kappa shape index (κ2) is 2.68. The summed E-state index contributed by atoms with van der Waals surface area (Å²) >= 11 is 0. The van der Waals surface area contributed by atoms with E-state index in [1.54, 1.807) is 0 Å². The molecule has 0 aliphatic carbocycles. The molecule has 0 bridgehead atoms. The molecule has 10 heavy (non-hydrogen) atoms. The maximum atomic E-state index is 5.42. The average Bonchev–Trinajstić information content (AvgIpc) is 2.15. The smallest absolute Gasteiger partial charge is 0.191 e. The molecule has 1 heterocycles. The molecule has 0 aliphatic heterocycles. The lowest BCUT2D eigenvalue weighted by Crippen LogP contribution is -1.98. The van der Waals surface area contributed by atoms with E-state index in [4.69, 9.17) is 5.73 Å². The minimum atomic E-state index is 0.411. The Hall–Kier alpha value is -1.06. The molecule has 4 heteroatoms. The molecule has 0 saturated carbocycles. The number of nitrogens with two attached hydrogens (primary N) is 1. The van der Waals surface area contributed by atoms with Crippen LogP contribution in [0.5, 0.6) is 0 Å². The summed E-state index contributed by atoms with van der Waals surface area (Å²) in [4.78, 5) is 0. The fourth-order valence-electron chi connectivity index (χ4n) is 0.742. The van der Waals surface area contributed by atoms with Crippen molar-refractivity contribution < 1.29 is 4.63 Å². The monoisotopic (exact) mass is 141 g/mol. The Balaban J connectivity index is 2.65. The van der Waals surface area contributed by atoms with Crippen LogP contribution in [-0.4, -0.2) is 10.3 Å². The third kappa shape index (κ3) is 1.46. The number of hydrogen-bond acceptors (Lipinski definition) is 4. The van der Waals surface area contributed by atoms with Gasteiger partial charge in [-0.3, -0.25) is 0 Å². The van der Waals surface area contributed by atoms with E-state index < -0.39 is 0 Å². The Morgan fingerprint density at radius 2 is 2.20 bits per heavy atom. The molecule has 0 saturated heterocycles. The van der Waals surface area contributed by atoms with Crippen LogP contribution < -0.4 is 5.73 Å². The van der Waals surface area contributed by atoms with Crippen molar-refractivity contribution >= 4 is 5.82 Å². The van der Waals surface area contributed by atoms with Crippen molar-refractivity contribution in [3.8, 4) is 0 Å². The Morgan fingerprint density at radius 3 is 2.60 bits per heavy atom. The highest BCUT2D eigenvalue weighted by atomic mass is 16.6. The number of nitrogens with zero attached hydrogens (tertiary/aromatic N) is 2. The molecule has 0 radical (unpaired) electrons.